The second-order valence-corrected chi connectivity index (χ2v) is 9.30. The van der Waals surface area contributed by atoms with Crippen molar-refractivity contribution in [3.05, 3.63) is 137 Å². The fourth-order valence-corrected chi connectivity index (χ4v) is 4.61. The summed E-state index contributed by atoms with van der Waals surface area (Å²) in [6.07, 6.45) is 0.214. The fraction of sp³-hybridized carbons (Fsp3) is 0.156. The SMILES string of the molecule is COc1ccc(CN(C(=O)C(c2ccccc2)c2ccccc2)[C@H](Cc2ccc(C(=N)N)cc2)C(N)=O)cc1.Cl. The maximum Gasteiger partial charge on any atom is 0.240 e. The Morgan fingerprint density at radius 1 is 0.775 bits per heavy atom. The molecule has 5 N–H and O–H groups in total. The molecule has 206 valence electrons. The van der Waals surface area contributed by atoms with Gasteiger partial charge >= 0.3 is 0 Å². The Kier molecular flexibility index (Phi) is 10.4. The monoisotopic (exact) mass is 556 g/mol. The van der Waals surface area contributed by atoms with Crippen LogP contribution < -0.4 is 16.2 Å². The van der Waals surface area contributed by atoms with Crippen LogP contribution in [0.3, 0.4) is 0 Å². The molecule has 8 heteroatoms. The lowest BCUT2D eigenvalue weighted by atomic mass is 9.89. The number of carbonyl (C=O) groups is 2. The minimum atomic E-state index is -0.919. The van der Waals surface area contributed by atoms with Crippen LogP contribution in [0, 0.1) is 5.41 Å². The summed E-state index contributed by atoms with van der Waals surface area (Å²) < 4.78 is 5.29. The molecule has 2 amide bonds. The number of amides is 2. The molecule has 40 heavy (non-hydrogen) atoms. The van der Waals surface area contributed by atoms with Gasteiger partial charge in [-0.15, -0.1) is 12.4 Å². The first kappa shape index (κ1) is 29.9. The Labute approximate surface area is 240 Å². The van der Waals surface area contributed by atoms with Crippen LogP contribution in [0.2, 0.25) is 0 Å². The molecule has 4 aromatic rings. The number of rotatable bonds is 11. The molecule has 0 bridgehead atoms. The van der Waals surface area contributed by atoms with E-state index in [0.717, 1.165) is 22.3 Å². The molecule has 0 spiro atoms. The van der Waals surface area contributed by atoms with Crippen LogP contribution in [-0.2, 0) is 22.6 Å². The molecule has 0 fully saturated rings. The first-order valence-corrected chi connectivity index (χ1v) is 12.6. The Hall–Kier alpha value is -4.62. The van der Waals surface area contributed by atoms with Gasteiger partial charge in [0.25, 0.3) is 0 Å². The molecule has 0 aromatic heterocycles. The quantitative estimate of drug-likeness (QED) is 0.184. The number of amidine groups is 1. The summed E-state index contributed by atoms with van der Waals surface area (Å²) in [5, 5.41) is 7.65. The molecule has 1 atom stereocenters. The average Bonchev–Trinajstić information content (AvgIpc) is 2.96. The number of ether oxygens (including phenoxy) is 1. The van der Waals surface area contributed by atoms with Crippen LogP contribution in [-0.4, -0.2) is 35.7 Å². The summed E-state index contributed by atoms with van der Waals surface area (Å²) in [5.41, 5.74) is 15.4. The van der Waals surface area contributed by atoms with Crippen LogP contribution >= 0.6 is 12.4 Å². The molecule has 0 saturated carbocycles. The van der Waals surface area contributed by atoms with Gasteiger partial charge in [0, 0.05) is 18.5 Å². The molecular formula is C32H33ClN4O3. The summed E-state index contributed by atoms with van der Waals surface area (Å²) in [7, 11) is 1.59. The molecule has 0 aliphatic heterocycles. The van der Waals surface area contributed by atoms with E-state index in [2.05, 4.69) is 0 Å². The molecule has 0 radical (unpaired) electrons. The van der Waals surface area contributed by atoms with Gasteiger partial charge in [-0.2, -0.15) is 0 Å². The van der Waals surface area contributed by atoms with E-state index in [1.165, 1.54) is 0 Å². The number of methoxy groups -OCH3 is 1. The number of nitrogens with zero attached hydrogens (tertiary/aromatic N) is 1. The summed E-state index contributed by atoms with van der Waals surface area (Å²) >= 11 is 0. The number of nitrogens with one attached hydrogen (secondary N) is 1. The lowest BCUT2D eigenvalue weighted by Crippen LogP contribution is -2.50. The average molecular weight is 557 g/mol. The lowest BCUT2D eigenvalue weighted by molar-refractivity contribution is -0.140. The summed E-state index contributed by atoms with van der Waals surface area (Å²) in [4.78, 5) is 29.0. The number of benzene rings is 4. The van der Waals surface area contributed by atoms with Crippen LogP contribution in [0.1, 0.15) is 33.7 Å². The van der Waals surface area contributed by atoms with Crippen LogP contribution in [0.5, 0.6) is 5.75 Å². The van der Waals surface area contributed by atoms with Gasteiger partial charge in [-0.3, -0.25) is 15.0 Å². The van der Waals surface area contributed by atoms with Crippen molar-refractivity contribution in [1.29, 1.82) is 5.41 Å². The normalized spacial score (nSPS) is 11.2. The highest BCUT2D eigenvalue weighted by Crippen LogP contribution is 2.29. The highest BCUT2D eigenvalue weighted by atomic mass is 35.5. The number of nitrogen functional groups attached to an aromatic ring is 1. The minimum absolute atomic E-state index is 0. The fourth-order valence-electron chi connectivity index (χ4n) is 4.61. The van der Waals surface area contributed by atoms with Gasteiger partial charge in [-0.25, -0.2) is 0 Å². The Morgan fingerprint density at radius 2 is 1.27 bits per heavy atom. The van der Waals surface area contributed by atoms with Gasteiger partial charge in [0.1, 0.15) is 17.6 Å². The van der Waals surface area contributed by atoms with E-state index in [1.54, 1.807) is 36.3 Å². The van der Waals surface area contributed by atoms with Crippen molar-refractivity contribution in [2.75, 3.05) is 7.11 Å². The van der Waals surface area contributed by atoms with Crippen LogP contribution in [0.25, 0.3) is 0 Å². The maximum atomic E-state index is 14.5. The van der Waals surface area contributed by atoms with Gasteiger partial charge in [-0.05, 0) is 34.4 Å². The molecular weight excluding hydrogens is 524 g/mol. The number of hydrogen-bond acceptors (Lipinski definition) is 4. The van der Waals surface area contributed by atoms with Gasteiger partial charge < -0.3 is 21.1 Å². The zero-order valence-electron chi connectivity index (χ0n) is 22.2. The van der Waals surface area contributed by atoms with Crippen molar-refractivity contribution >= 4 is 30.1 Å². The van der Waals surface area contributed by atoms with E-state index >= 15 is 0 Å². The standard InChI is InChI=1S/C32H32N4O3.ClH/c1-39-27-18-14-23(15-19-27)21-36(28(31(35)37)20-22-12-16-26(17-13-22)30(33)34)32(38)29(24-8-4-2-5-9-24)25-10-6-3-7-11-25;/h2-19,28-29H,20-21H2,1H3,(H3,33,34)(H2,35,37);1H/t28-;/m1./s1. The molecule has 4 aromatic carbocycles. The second-order valence-electron chi connectivity index (χ2n) is 9.30. The summed E-state index contributed by atoms with van der Waals surface area (Å²) in [6.45, 7) is 0.179. The first-order chi connectivity index (χ1) is 18.9. The lowest BCUT2D eigenvalue weighted by Gasteiger charge is -2.33. The van der Waals surface area contributed by atoms with Gasteiger partial charge in [-0.1, -0.05) is 97.1 Å². The summed E-state index contributed by atoms with van der Waals surface area (Å²) in [6, 6.07) is 32.6. The highest BCUT2D eigenvalue weighted by Gasteiger charge is 2.34. The van der Waals surface area contributed by atoms with Crippen molar-refractivity contribution in [2.24, 2.45) is 11.5 Å². The van der Waals surface area contributed by atoms with Gasteiger partial charge in [0.05, 0.1) is 13.0 Å². The number of nitrogens with two attached hydrogens (primary N) is 2. The van der Waals surface area contributed by atoms with E-state index < -0.39 is 17.9 Å². The maximum absolute atomic E-state index is 14.5. The minimum Gasteiger partial charge on any atom is -0.497 e. The predicted molar refractivity (Wildman–Crippen MR) is 160 cm³/mol. The Morgan fingerprint density at radius 3 is 1.73 bits per heavy atom. The van der Waals surface area contributed by atoms with E-state index in [4.69, 9.17) is 21.6 Å². The Bertz CT molecular complexity index is 1370. The predicted octanol–water partition coefficient (Wildman–Crippen LogP) is 4.66. The molecule has 0 unspecified atom stereocenters. The molecule has 0 saturated heterocycles. The van der Waals surface area contributed by atoms with E-state index in [9.17, 15) is 9.59 Å². The molecule has 4 rings (SSSR count). The highest BCUT2D eigenvalue weighted by molar-refractivity contribution is 5.95. The van der Waals surface area contributed by atoms with Crippen LogP contribution in [0.4, 0.5) is 0 Å². The molecule has 0 heterocycles. The number of carbonyl (C=O) groups excluding carboxylic acids is 2. The third-order valence-electron chi connectivity index (χ3n) is 6.71. The summed E-state index contributed by atoms with van der Waals surface area (Å²) in [5.74, 6) is -0.815. The zero-order chi connectivity index (χ0) is 27.8. The topological polar surface area (TPSA) is 122 Å². The number of halogens is 1. The van der Waals surface area contributed by atoms with Gasteiger partial charge in [0.2, 0.25) is 11.8 Å². The van der Waals surface area contributed by atoms with Crippen molar-refractivity contribution in [2.45, 2.75) is 24.9 Å². The van der Waals surface area contributed by atoms with E-state index in [0.29, 0.717) is 11.3 Å². The third-order valence-corrected chi connectivity index (χ3v) is 6.71. The zero-order valence-corrected chi connectivity index (χ0v) is 23.0. The van der Waals surface area contributed by atoms with Crippen molar-refractivity contribution in [3.8, 4) is 5.75 Å². The molecule has 0 aliphatic carbocycles. The largest absolute Gasteiger partial charge is 0.497 e. The van der Waals surface area contributed by atoms with Crippen molar-refractivity contribution in [1.82, 2.24) is 4.90 Å². The van der Waals surface area contributed by atoms with E-state index in [-0.39, 0.29) is 37.1 Å². The second kappa shape index (κ2) is 14.0. The number of hydrogen-bond donors (Lipinski definition) is 3. The molecule has 0 aliphatic rings. The smallest absolute Gasteiger partial charge is 0.240 e. The van der Waals surface area contributed by atoms with Crippen molar-refractivity contribution < 1.29 is 14.3 Å². The third kappa shape index (κ3) is 7.27. The van der Waals surface area contributed by atoms with Crippen LogP contribution in [0.15, 0.2) is 109 Å². The Balaban J connectivity index is 0.00000441. The first-order valence-electron chi connectivity index (χ1n) is 12.6. The molecule has 7 nitrogen and oxygen atoms in total. The van der Waals surface area contributed by atoms with Crippen molar-refractivity contribution in [3.63, 3.8) is 0 Å². The van der Waals surface area contributed by atoms with E-state index in [1.807, 2.05) is 84.9 Å². The number of primary amides is 1. The van der Waals surface area contributed by atoms with Gasteiger partial charge in [0.15, 0.2) is 0 Å².